The molecule has 4 heteroatoms. The van der Waals surface area contributed by atoms with Crippen LogP contribution in [-0.2, 0) is 4.79 Å². The van der Waals surface area contributed by atoms with Gasteiger partial charge in [0.05, 0.1) is 0 Å². The molecule has 1 fully saturated rings. The molecule has 0 saturated carbocycles. The van der Waals surface area contributed by atoms with E-state index in [1.165, 1.54) is 17.3 Å². The van der Waals surface area contributed by atoms with Crippen molar-refractivity contribution in [1.29, 1.82) is 0 Å². The molecule has 2 rings (SSSR count). The van der Waals surface area contributed by atoms with Crippen molar-refractivity contribution in [3.05, 3.63) is 11.6 Å². The van der Waals surface area contributed by atoms with Gasteiger partial charge >= 0.3 is 0 Å². The second-order valence-electron chi connectivity index (χ2n) is 2.60. The fourth-order valence-electron chi connectivity index (χ4n) is 1.37. The molecule has 1 unspecified atom stereocenters. The topological polar surface area (TPSA) is 29.1 Å². The van der Waals surface area contributed by atoms with Crippen LogP contribution in [0.2, 0.25) is 0 Å². The number of piperidine rings is 1. The van der Waals surface area contributed by atoms with E-state index in [0.29, 0.717) is 5.25 Å². The van der Waals surface area contributed by atoms with E-state index >= 15 is 0 Å². The second-order valence-corrected chi connectivity index (χ2v) is 3.81. The average Bonchev–Trinajstić information content (AvgIpc) is 2.27. The van der Waals surface area contributed by atoms with Gasteiger partial charge in [0, 0.05) is 11.8 Å². The van der Waals surface area contributed by atoms with Gasteiger partial charge in [-0.05, 0) is 24.6 Å². The monoisotopic (exact) mass is 191 g/mol. The minimum Gasteiger partial charge on any atom is -0.315 e. The van der Waals surface area contributed by atoms with Crippen molar-refractivity contribution in [1.82, 2.24) is 5.32 Å². The normalized spacial score (nSPS) is 28.9. The summed E-state index contributed by atoms with van der Waals surface area (Å²) in [5.74, 6) is 0. The molecule has 2 aliphatic rings. The molecule has 0 spiro atoms. The summed E-state index contributed by atoms with van der Waals surface area (Å²) in [6.07, 6.45) is 2.86. The van der Waals surface area contributed by atoms with Gasteiger partial charge in [-0.1, -0.05) is 11.8 Å². The van der Waals surface area contributed by atoms with Crippen LogP contribution in [0.15, 0.2) is 11.6 Å². The van der Waals surface area contributed by atoms with Crippen LogP contribution in [0.25, 0.3) is 0 Å². The first-order valence-electron chi connectivity index (χ1n) is 3.48. The van der Waals surface area contributed by atoms with Crippen molar-refractivity contribution in [2.75, 3.05) is 13.1 Å². The van der Waals surface area contributed by atoms with Gasteiger partial charge in [-0.25, -0.2) is 0 Å². The highest BCUT2D eigenvalue weighted by molar-refractivity contribution is 8.15. The van der Waals surface area contributed by atoms with Crippen LogP contribution < -0.4 is 5.32 Å². The van der Waals surface area contributed by atoms with E-state index in [2.05, 4.69) is 5.32 Å². The largest absolute Gasteiger partial charge is 0.315 e. The van der Waals surface area contributed by atoms with Gasteiger partial charge in [0.15, 0.2) is 0 Å². The number of hydrogen-bond donors (Lipinski definition) is 1. The van der Waals surface area contributed by atoms with Crippen LogP contribution in [0.5, 0.6) is 0 Å². The van der Waals surface area contributed by atoms with Gasteiger partial charge in [0.1, 0.15) is 0 Å². The van der Waals surface area contributed by atoms with Crippen molar-refractivity contribution in [3.8, 4) is 0 Å². The quantitative estimate of drug-likeness (QED) is 0.619. The maximum atomic E-state index is 10.9. The van der Waals surface area contributed by atoms with Crippen LogP contribution in [0.1, 0.15) is 6.42 Å². The molecule has 0 aromatic carbocycles. The molecule has 2 aliphatic heterocycles. The van der Waals surface area contributed by atoms with Crippen molar-refractivity contribution < 1.29 is 4.79 Å². The molecule has 1 atom stereocenters. The van der Waals surface area contributed by atoms with Crippen LogP contribution in [0, 0.1) is 0 Å². The highest BCUT2D eigenvalue weighted by atomic mass is 35.5. The Kier molecular flexibility index (Phi) is 2.98. The van der Waals surface area contributed by atoms with Gasteiger partial charge in [-0.15, -0.1) is 12.4 Å². The Bertz CT molecular complexity index is 205. The Hall–Kier alpha value is 0.01000. The van der Waals surface area contributed by atoms with Crippen LogP contribution in [0.3, 0.4) is 0 Å². The first-order valence-corrected chi connectivity index (χ1v) is 4.36. The zero-order valence-electron chi connectivity index (χ0n) is 6.00. The summed E-state index contributed by atoms with van der Waals surface area (Å²) < 4.78 is 0. The average molecular weight is 192 g/mol. The van der Waals surface area contributed by atoms with E-state index in [0.717, 1.165) is 19.5 Å². The van der Waals surface area contributed by atoms with E-state index < -0.39 is 0 Å². The number of thioether (sulfide) groups is 1. The minimum absolute atomic E-state index is 0. The van der Waals surface area contributed by atoms with Gasteiger partial charge in [-0.2, -0.15) is 0 Å². The summed E-state index contributed by atoms with van der Waals surface area (Å²) >= 11 is 1.46. The van der Waals surface area contributed by atoms with Gasteiger partial charge in [0.2, 0.25) is 5.12 Å². The molecule has 0 aliphatic carbocycles. The molecule has 0 radical (unpaired) electrons. The molecule has 1 N–H and O–H groups in total. The third kappa shape index (κ3) is 1.78. The van der Waals surface area contributed by atoms with Crippen LogP contribution >= 0.6 is 24.2 Å². The highest BCUT2D eigenvalue weighted by Crippen LogP contribution is 2.31. The van der Waals surface area contributed by atoms with Crippen molar-refractivity contribution >= 4 is 29.3 Å². The standard InChI is InChI=1S/C7H9NOS.ClH/c9-7-3-5-1-2-8-4-6(5)10-7;/h3,6,8H,1-2,4H2;1H. The fourth-order valence-corrected chi connectivity index (χ4v) is 2.40. The number of fused-ring (bicyclic) bond motifs is 1. The molecule has 0 aromatic heterocycles. The number of halogens is 1. The molecule has 0 amide bonds. The predicted molar refractivity (Wildman–Crippen MR) is 49.2 cm³/mol. The first-order chi connectivity index (χ1) is 4.86. The Morgan fingerprint density at radius 2 is 2.45 bits per heavy atom. The molecule has 2 nitrogen and oxygen atoms in total. The van der Waals surface area contributed by atoms with Crippen LogP contribution in [0.4, 0.5) is 0 Å². The summed E-state index contributed by atoms with van der Waals surface area (Å²) in [6, 6.07) is 0. The summed E-state index contributed by atoms with van der Waals surface area (Å²) in [4.78, 5) is 10.9. The van der Waals surface area contributed by atoms with Crippen LogP contribution in [-0.4, -0.2) is 23.5 Å². The zero-order valence-corrected chi connectivity index (χ0v) is 7.63. The lowest BCUT2D eigenvalue weighted by molar-refractivity contribution is -0.106. The smallest absolute Gasteiger partial charge is 0.212 e. The van der Waals surface area contributed by atoms with E-state index in [4.69, 9.17) is 0 Å². The summed E-state index contributed by atoms with van der Waals surface area (Å²) in [7, 11) is 0. The van der Waals surface area contributed by atoms with E-state index in [1.54, 1.807) is 6.08 Å². The molecule has 62 valence electrons. The second kappa shape index (κ2) is 3.61. The fraction of sp³-hybridized carbons (Fsp3) is 0.571. The predicted octanol–water partition coefficient (Wildman–Crippen LogP) is 0.970. The Morgan fingerprint density at radius 3 is 3.18 bits per heavy atom. The number of nitrogens with one attached hydrogen (secondary N) is 1. The minimum atomic E-state index is 0. The first kappa shape index (κ1) is 9.10. The van der Waals surface area contributed by atoms with Crippen molar-refractivity contribution in [2.45, 2.75) is 11.7 Å². The lowest BCUT2D eigenvalue weighted by atomic mass is 10.1. The number of carbonyl (C=O) groups excluding carboxylic acids is 1. The lowest BCUT2D eigenvalue weighted by Crippen LogP contribution is -2.32. The van der Waals surface area contributed by atoms with E-state index in [1.807, 2.05) is 0 Å². The summed E-state index contributed by atoms with van der Waals surface area (Å²) in [5.41, 5.74) is 1.34. The van der Waals surface area contributed by atoms with Gasteiger partial charge in [0.25, 0.3) is 0 Å². The Morgan fingerprint density at radius 1 is 1.64 bits per heavy atom. The molecule has 1 saturated heterocycles. The van der Waals surface area contributed by atoms with E-state index in [-0.39, 0.29) is 17.5 Å². The molecular formula is C7H10ClNOS. The zero-order chi connectivity index (χ0) is 6.97. The Labute approximate surface area is 76.2 Å². The summed E-state index contributed by atoms with van der Waals surface area (Å²) in [6.45, 7) is 2.01. The molecular weight excluding hydrogens is 182 g/mol. The molecule has 2 heterocycles. The lowest BCUT2D eigenvalue weighted by Gasteiger charge is -2.19. The molecule has 0 aromatic rings. The van der Waals surface area contributed by atoms with Crippen molar-refractivity contribution in [3.63, 3.8) is 0 Å². The number of carbonyl (C=O) groups is 1. The molecule has 11 heavy (non-hydrogen) atoms. The maximum absolute atomic E-state index is 10.9. The van der Waals surface area contributed by atoms with Crippen molar-refractivity contribution in [2.24, 2.45) is 0 Å². The SMILES string of the molecule is Cl.O=C1C=C2CCNCC2S1. The molecule has 0 bridgehead atoms. The van der Waals surface area contributed by atoms with Gasteiger partial charge in [-0.3, -0.25) is 4.79 Å². The number of hydrogen-bond acceptors (Lipinski definition) is 3. The van der Waals surface area contributed by atoms with Gasteiger partial charge < -0.3 is 5.32 Å². The Balaban J connectivity index is 0.000000605. The third-order valence-electron chi connectivity index (χ3n) is 1.90. The summed E-state index contributed by atoms with van der Waals surface area (Å²) in [5, 5.41) is 3.96. The highest BCUT2D eigenvalue weighted by Gasteiger charge is 2.27. The maximum Gasteiger partial charge on any atom is 0.212 e. The third-order valence-corrected chi connectivity index (χ3v) is 3.00. The van der Waals surface area contributed by atoms with E-state index in [9.17, 15) is 4.79 Å². The number of rotatable bonds is 0.